The highest BCUT2D eigenvalue weighted by molar-refractivity contribution is 6.23. The zero-order valence-corrected chi connectivity index (χ0v) is 19.1. The maximum atomic E-state index is 13.3. The summed E-state index contributed by atoms with van der Waals surface area (Å²) >= 11 is 0. The third-order valence-corrected chi connectivity index (χ3v) is 8.03. The minimum absolute atomic E-state index is 0.144. The van der Waals surface area contributed by atoms with Crippen molar-refractivity contribution < 1.29 is 23.9 Å². The predicted octanol–water partition coefficient (Wildman–Crippen LogP) is 3.90. The first-order chi connectivity index (χ1) is 16.3. The lowest BCUT2D eigenvalue weighted by Crippen LogP contribution is -2.40. The quantitative estimate of drug-likeness (QED) is 0.296. The number of Topliss-reactive ketones (excluding diaryl/α,β-unsaturated/α-hetero) is 1. The number of hydrogen-bond donors (Lipinski definition) is 0. The van der Waals surface area contributed by atoms with Crippen LogP contribution >= 0.6 is 0 Å². The molecule has 0 spiro atoms. The zero-order chi connectivity index (χ0) is 23.7. The Hall–Kier alpha value is -3.54. The van der Waals surface area contributed by atoms with Crippen LogP contribution in [0.5, 0.6) is 0 Å². The van der Waals surface area contributed by atoms with Gasteiger partial charge in [0.15, 0.2) is 6.61 Å². The lowest BCUT2D eigenvalue weighted by molar-refractivity contribution is -0.124. The van der Waals surface area contributed by atoms with E-state index in [0.29, 0.717) is 23.1 Å². The molecule has 1 saturated heterocycles. The number of rotatable bonds is 5. The van der Waals surface area contributed by atoms with Crippen LogP contribution < -0.4 is 4.90 Å². The summed E-state index contributed by atoms with van der Waals surface area (Å²) in [6.45, 7) is 3.36. The molecule has 172 valence electrons. The molecule has 1 aliphatic heterocycles. The Kier molecular flexibility index (Phi) is 4.63. The minimum atomic E-state index is -0.667. The van der Waals surface area contributed by atoms with Gasteiger partial charge in [-0.1, -0.05) is 35.9 Å². The molecule has 4 aliphatic carbocycles. The minimum Gasteiger partial charge on any atom is -0.454 e. The van der Waals surface area contributed by atoms with Gasteiger partial charge in [0, 0.05) is 5.56 Å². The molecule has 1 heterocycles. The van der Waals surface area contributed by atoms with Gasteiger partial charge < -0.3 is 4.74 Å². The van der Waals surface area contributed by atoms with Gasteiger partial charge >= 0.3 is 5.97 Å². The largest absolute Gasteiger partial charge is 0.454 e. The summed E-state index contributed by atoms with van der Waals surface area (Å²) in [6, 6.07) is 11.9. The zero-order valence-electron chi connectivity index (χ0n) is 19.1. The molecule has 6 heteroatoms. The monoisotopic (exact) mass is 455 g/mol. The molecular formula is C28H25NO5. The van der Waals surface area contributed by atoms with E-state index in [-0.39, 0.29) is 53.4 Å². The van der Waals surface area contributed by atoms with Crippen molar-refractivity contribution in [3.8, 4) is 0 Å². The molecule has 0 N–H and O–H groups in total. The van der Waals surface area contributed by atoms with Crippen molar-refractivity contribution in [3.05, 3.63) is 76.9 Å². The predicted molar refractivity (Wildman–Crippen MR) is 124 cm³/mol. The maximum Gasteiger partial charge on any atom is 0.338 e. The number of esters is 1. The number of imide groups is 1. The van der Waals surface area contributed by atoms with Gasteiger partial charge in [-0.3, -0.25) is 14.4 Å². The van der Waals surface area contributed by atoms with Crippen LogP contribution in [0.4, 0.5) is 5.69 Å². The van der Waals surface area contributed by atoms with E-state index in [9.17, 15) is 19.2 Å². The number of amides is 2. The standard InChI is InChI=1S/C28H25NO5/c1-14-6-7-15(2)20(10-14)23(30)13-34-28(33)16-4-3-5-17(11-16)29-26(31)24-18-8-9-19(22-12-21(18)22)25(24)27(29)32/h3-11,18-19,21-22,24-25H,12-13H2,1-2H3/t18-,19-,21-,22-,24+,25+/m1/s1. The molecule has 2 amide bonds. The van der Waals surface area contributed by atoms with Crippen molar-refractivity contribution in [1.82, 2.24) is 0 Å². The molecule has 2 saturated carbocycles. The number of nitrogens with zero attached hydrogens (tertiary/aromatic N) is 1. The van der Waals surface area contributed by atoms with Crippen LogP contribution in [-0.2, 0) is 14.3 Å². The first-order valence-corrected chi connectivity index (χ1v) is 11.8. The van der Waals surface area contributed by atoms with Gasteiger partial charge in [0.05, 0.1) is 23.1 Å². The molecule has 5 aliphatic rings. The molecule has 6 atom stereocenters. The number of ether oxygens (including phenoxy) is 1. The number of allylic oxidation sites excluding steroid dienone is 2. The molecule has 6 nitrogen and oxygen atoms in total. The Morgan fingerprint density at radius 2 is 1.62 bits per heavy atom. The van der Waals surface area contributed by atoms with E-state index in [1.165, 1.54) is 11.0 Å². The highest BCUT2D eigenvalue weighted by Crippen LogP contribution is 2.65. The molecule has 0 unspecified atom stereocenters. The SMILES string of the molecule is Cc1ccc(C)c(C(=O)COC(=O)c2cccc(N3C(=O)[C@H]4[C@@H]5C=C[C@H]([C@H]6C[C@H]56)[C@@H]4C3=O)c2)c1. The summed E-state index contributed by atoms with van der Waals surface area (Å²) in [5.74, 6) is -0.523. The smallest absolute Gasteiger partial charge is 0.338 e. The van der Waals surface area contributed by atoms with E-state index >= 15 is 0 Å². The topological polar surface area (TPSA) is 80.8 Å². The molecule has 7 rings (SSSR count). The second-order valence-corrected chi connectivity index (χ2v) is 10.0. The average Bonchev–Trinajstić information content (AvgIpc) is 3.62. The van der Waals surface area contributed by atoms with Gasteiger partial charge in [0.2, 0.25) is 17.6 Å². The Balaban J connectivity index is 1.19. The summed E-state index contributed by atoms with van der Waals surface area (Å²) in [5, 5.41) is 0. The molecular weight excluding hydrogens is 430 g/mol. The van der Waals surface area contributed by atoms with Crippen molar-refractivity contribution in [2.45, 2.75) is 20.3 Å². The number of carbonyl (C=O) groups excluding carboxylic acids is 4. The second-order valence-electron chi connectivity index (χ2n) is 10.0. The Morgan fingerprint density at radius 3 is 2.29 bits per heavy atom. The van der Waals surface area contributed by atoms with Crippen LogP contribution in [0.2, 0.25) is 0 Å². The van der Waals surface area contributed by atoms with Crippen molar-refractivity contribution in [2.75, 3.05) is 11.5 Å². The van der Waals surface area contributed by atoms with Crippen molar-refractivity contribution >= 4 is 29.3 Å². The summed E-state index contributed by atoms with van der Waals surface area (Å²) in [4.78, 5) is 53.2. The molecule has 2 aromatic rings. The third kappa shape index (κ3) is 3.08. The summed E-state index contributed by atoms with van der Waals surface area (Å²) in [6.07, 6.45) is 5.38. The molecule has 0 radical (unpaired) electrons. The van der Waals surface area contributed by atoms with Crippen molar-refractivity contribution in [3.63, 3.8) is 0 Å². The first-order valence-electron chi connectivity index (χ1n) is 11.8. The Labute approximate surface area is 197 Å². The number of hydrogen-bond acceptors (Lipinski definition) is 5. The number of ketones is 1. The maximum absolute atomic E-state index is 13.3. The highest BCUT2D eigenvalue weighted by atomic mass is 16.5. The normalized spacial score (nSPS) is 30.2. The van der Waals surface area contributed by atoms with Crippen molar-refractivity contribution in [2.24, 2.45) is 35.5 Å². The molecule has 3 fully saturated rings. The van der Waals surface area contributed by atoms with Crippen LogP contribution in [0.3, 0.4) is 0 Å². The Bertz CT molecular complexity index is 1260. The van der Waals surface area contributed by atoms with Gasteiger partial charge in [0.25, 0.3) is 0 Å². The summed E-state index contributed by atoms with van der Waals surface area (Å²) in [7, 11) is 0. The lowest BCUT2D eigenvalue weighted by Gasteiger charge is -2.37. The fraction of sp³-hybridized carbons (Fsp3) is 0.357. The van der Waals surface area contributed by atoms with Crippen LogP contribution in [0, 0.1) is 49.4 Å². The molecule has 0 aromatic heterocycles. The fourth-order valence-electron chi connectivity index (χ4n) is 6.31. The van der Waals surface area contributed by atoms with Crippen LogP contribution in [0.1, 0.15) is 38.3 Å². The van der Waals surface area contributed by atoms with Gasteiger partial charge in [0.1, 0.15) is 0 Å². The third-order valence-electron chi connectivity index (χ3n) is 8.03. The van der Waals surface area contributed by atoms with E-state index in [4.69, 9.17) is 4.74 Å². The van der Waals surface area contributed by atoms with Gasteiger partial charge in [-0.2, -0.15) is 0 Å². The van der Waals surface area contributed by atoms with E-state index in [1.807, 2.05) is 26.0 Å². The summed E-state index contributed by atoms with van der Waals surface area (Å²) in [5.41, 5.74) is 2.88. The summed E-state index contributed by atoms with van der Waals surface area (Å²) < 4.78 is 5.28. The average molecular weight is 456 g/mol. The van der Waals surface area contributed by atoms with Crippen LogP contribution in [-0.4, -0.2) is 30.2 Å². The molecule has 2 bridgehead atoms. The van der Waals surface area contributed by atoms with E-state index in [2.05, 4.69) is 12.2 Å². The van der Waals surface area contributed by atoms with Gasteiger partial charge in [-0.15, -0.1) is 0 Å². The number of carbonyl (C=O) groups is 4. The van der Waals surface area contributed by atoms with E-state index in [1.54, 1.807) is 24.3 Å². The lowest BCUT2D eigenvalue weighted by atomic mass is 9.63. The molecule has 34 heavy (non-hydrogen) atoms. The fourth-order valence-corrected chi connectivity index (χ4v) is 6.31. The Morgan fingerprint density at radius 1 is 0.941 bits per heavy atom. The first kappa shape index (κ1) is 21.0. The number of aryl methyl sites for hydroxylation is 2. The second kappa shape index (κ2) is 7.49. The van der Waals surface area contributed by atoms with E-state index < -0.39 is 5.97 Å². The van der Waals surface area contributed by atoms with E-state index in [0.717, 1.165) is 17.5 Å². The number of benzene rings is 2. The van der Waals surface area contributed by atoms with Gasteiger partial charge in [-0.05, 0) is 73.8 Å². The van der Waals surface area contributed by atoms with Crippen LogP contribution in [0.25, 0.3) is 0 Å². The highest BCUT2D eigenvalue weighted by Gasteiger charge is 2.67. The van der Waals surface area contributed by atoms with Gasteiger partial charge in [-0.25, -0.2) is 9.69 Å². The van der Waals surface area contributed by atoms with Crippen molar-refractivity contribution in [1.29, 1.82) is 0 Å². The molecule has 2 aromatic carbocycles. The number of anilines is 1. The van der Waals surface area contributed by atoms with Crippen LogP contribution in [0.15, 0.2) is 54.6 Å².